The van der Waals surface area contributed by atoms with Crippen molar-refractivity contribution in [2.45, 2.75) is 0 Å². The van der Waals surface area contributed by atoms with Gasteiger partial charge in [-0.1, -0.05) is 0 Å². The minimum atomic E-state index is -1.01. The summed E-state index contributed by atoms with van der Waals surface area (Å²) in [6.45, 7) is 0. The van der Waals surface area contributed by atoms with Gasteiger partial charge in [-0.3, -0.25) is 0 Å². The fraction of sp³-hybridized carbons (Fsp3) is 0. The second kappa shape index (κ2) is 2.26. The number of nitrogen functional groups attached to an aromatic ring is 1. The van der Waals surface area contributed by atoms with Gasteiger partial charge in [0.2, 0.25) is 17.2 Å². The Labute approximate surface area is 66.7 Å². The molecule has 0 fully saturated rings. The molecule has 0 amide bonds. The van der Waals surface area contributed by atoms with E-state index in [4.69, 9.17) is 31.3 Å². The Bertz CT molecular complexity index is 230. The number of hydrogen-bond donors (Lipinski definition) is 6. The minimum absolute atomic E-state index is 0.595. The highest BCUT2D eigenvalue weighted by Crippen LogP contribution is 2.52. The molecule has 1 rings (SSSR count). The maximum absolute atomic E-state index is 8.89. The summed E-state index contributed by atoms with van der Waals surface area (Å²) in [5, 5.41) is 44.3. The van der Waals surface area contributed by atoms with Crippen molar-refractivity contribution in [3.8, 4) is 28.7 Å². The first-order valence-electron chi connectivity index (χ1n) is 2.91. The van der Waals surface area contributed by atoms with Gasteiger partial charge in [-0.15, -0.1) is 0 Å². The van der Waals surface area contributed by atoms with Crippen LogP contribution in [0.1, 0.15) is 0 Å². The van der Waals surface area contributed by atoms with Crippen molar-refractivity contribution >= 4 is 5.69 Å². The second-order valence-electron chi connectivity index (χ2n) is 2.16. The number of hydrogen-bond acceptors (Lipinski definition) is 6. The number of benzene rings is 1. The second-order valence-corrected chi connectivity index (χ2v) is 2.16. The molecule has 0 radical (unpaired) electrons. The molecule has 12 heavy (non-hydrogen) atoms. The largest absolute Gasteiger partial charge is 0.503 e. The van der Waals surface area contributed by atoms with Crippen LogP contribution in [0, 0.1) is 0 Å². The fourth-order valence-corrected chi connectivity index (χ4v) is 0.704. The normalized spacial score (nSPS) is 10.0. The Kier molecular flexibility index (Phi) is 1.53. The van der Waals surface area contributed by atoms with Gasteiger partial charge in [0, 0.05) is 0 Å². The molecule has 0 spiro atoms. The molecule has 7 N–H and O–H groups in total. The molecule has 1 aromatic carbocycles. The molecule has 1 aromatic rings. The van der Waals surface area contributed by atoms with Crippen molar-refractivity contribution in [2.24, 2.45) is 0 Å². The van der Waals surface area contributed by atoms with Gasteiger partial charge in [-0.05, 0) is 0 Å². The summed E-state index contributed by atoms with van der Waals surface area (Å²) < 4.78 is 0. The summed E-state index contributed by atoms with van der Waals surface area (Å²) in [5.41, 5.74) is 4.43. The molecule has 0 bridgehead atoms. The zero-order valence-corrected chi connectivity index (χ0v) is 5.81. The van der Waals surface area contributed by atoms with Crippen molar-refractivity contribution in [3.05, 3.63) is 0 Å². The van der Waals surface area contributed by atoms with E-state index in [0.29, 0.717) is 0 Å². The molecule has 0 saturated carbocycles. The molecule has 0 heterocycles. The minimum Gasteiger partial charge on any atom is -0.503 e. The molecule has 0 aliphatic heterocycles. The highest BCUT2D eigenvalue weighted by molar-refractivity contribution is 5.77. The van der Waals surface area contributed by atoms with E-state index in [1.165, 1.54) is 0 Å². The van der Waals surface area contributed by atoms with Crippen LogP contribution in [0.25, 0.3) is 0 Å². The van der Waals surface area contributed by atoms with Crippen molar-refractivity contribution in [1.82, 2.24) is 0 Å². The maximum atomic E-state index is 8.89. The molecule has 0 atom stereocenters. The lowest BCUT2D eigenvalue weighted by Crippen LogP contribution is -1.87. The highest BCUT2D eigenvalue weighted by Gasteiger charge is 2.20. The van der Waals surface area contributed by atoms with E-state index in [1.807, 2.05) is 0 Å². The molecule has 0 aliphatic carbocycles. The standard InChI is InChI=1S/C6H7NO5/c7-1-2(8)4(10)6(12)5(11)3(1)9/h8-12H,7H2. The van der Waals surface area contributed by atoms with Crippen LogP contribution < -0.4 is 5.73 Å². The molecule has 6 heteroatoms. The molecule has 0 unspecified atom stereocenters. The topological polar surface area (TPSA) is 127 Å². The Balaban J connectivity index is 3.60. The van der Waals surface area contributed by atoms with E-state index in [0.717, 1.165) is 0 Å². The number of phenolic OH excluding ortho intramolecular Hbond substituents is 5. The summed E-state index contributed by atoms with van der Waals surface area (Å²) in [4.78, 5) is 0. The lowest BCUT2D eigenvalue weighted by Gasteiger charge is -2.07. The van der Waals surface area contributed by atoms with Gasteiger partial charge in [0.05, 0.1) is 0 Å². The summed E-state index contributed by atoms with van der Waals surface area (Å²) >= 11 is 0. The van der Waals surface area contributed by atoms with Crippen LogP contribution in [0.15, 0.2) is 0 Å². The average molecular weight is 173 g/mol. The van der Waals surface area contributed by atoms with E-state index in [-0.39, 0.29) is 0 Å². The number of aromatic hydroxyl groups is 5. The van der Waals surface area contributed by atoms with Gasteiger partial charge in [0.25, 0.3) is 0 Å². The average Bonchev–Trinajstić information content (AvgIpc) is 2.08. The number of phenols is 5. The molecule has 0 saturated heterocycles. The smallest absolute Gasteiger partial charge is 0.208 e. The first kappa shape index (κ1) is 8.12. The summed E-state index contributed by atoms with van der Waals surface area (Å²) in [6, 6.07) is 0. The van der Waals surface area contributed by atoms with E-state index >= 15 is 0 Å². The third-order valence-electron chi connectivity index (χ3n) is 1.41. The Morgan fingerprint density at radius 1 is 0.583 bits per heavy atom. The third kappa shape index (κ3) is 0.815. The van der Waals surface area contributed by atoms with E-state index in [1.54, 1.807) is 0 Å². The quantitative estimate of drug-likeness (QED) is 0.183. The monoisotopic (exact) mass is 173 g/mol. The molecular formula is C6H7NO5. The van der Waals surface area contributed by atoms with Crippen LogP contribution in [0.2, 0.25) is 0 Å². The van der Waals surface area contributed by atoms with Gasteiger partial charge in [-0.25, -0.2) is 0 Å². The Morgan fingerprint density at radius 2 is 0.833 bits per heavy atom. The fourth-order valence-electron chi connectivity index (χ4n) is 0.704. The van der Waals surface area contributed by atoms with Crippen LogP contribution in [0.3, 0.4) is 0 Å². The number of anilines is 1. The summed E-state index contributed by atoms with van der Waals surface area (Å²) in [5.74, 6) is -4.70. The van der Waals surface area contributed by atoms with Gasteiger partial charge >= 0.3 is 0 Å². The molecule has 66 valence electrons. The maximum Gasteiger partial charge on any atom is 0.208 e. The van der Waals surface area contributed by atoms with Crippen molar-refractivity contribution in [1.29, 1.82) is 0 Å². The first-order valence-corrected chi connectivity index (χ1v) is 2.91. The van der Waals surface area contributed by atoms with Crippen LogP contribution >= 0.6 is 0 Å². The predicted molar refractivity (Wildman–Crippen MR) is 39.2 cm³/mol. The first-order chi connectivity index (χ1) is 5.46. The highest BCUT2D eigenvalue weighted by atomic mass is 16.4. The molecule has 0 aliphatic rings. The van der Waals surface area contributed by atoms with E-state index in [9.17, 15) is 0 Å². The molecular weight excluding hydrogens is 166 g/mol. The number of rotatable bonds is 0. The van der Waals surface area contributed by atoms with Crippen LogP contribution in [0.4, 0.5) is 5.69 Å². The van der Waals surface area contributed by atoms with Gasteiger partial charge in [-0.2, -0.15) is 0 Å². The lowest BCUT2D eigenvalue weighted by molar-refractivity contribution is 0.330. The van der Waals surface area contributed by atoms with E-state index < -0.39 is 34.4 Å². The van der Waals surface area contributed by atoms with Gasteiger partial charge in [0.1, 0.15) is 5.69 Å². The summed E-state index contributed by atoms with van der Waals surface area (Å²) in [7, 11) is 0. The van der Waals surface area contributed by atoms with Gasteiger partial charge < -0.3 is 31.3 Å². The predicted octanol–water partition coefficient (Wildman–Crippen LogP) is -0.203. The lowest BCUT2D eigenvalue weighted by atomic mass is 10.2. The van der Waals surface area contributed by atoms with Crippen molar-refractivity contribution in [2.75, 3.05) is 5.73 Å². The van der Waals surface area contributed by atoms with Crippen LogP contribution in [-0.4, -0.2) is 25.5 Å². The van der Waals surface area contributed by atoms with Crippen molar-refractivity contribution in [3.63, 3.8) is 0 Å². The SMILES string of the molecule is Nc1c(O)c(O)c(O)c(O)c1O. The van der Waals surface area contributed by atoms with Crippen LogP contribution in [-0.2, 0) is 0 Å². The van der Waals surface area contributed by atoms with Crippen molar-refractivity contribution < 1.29 is 25.5 Å². The Hall–Kier alpha value is -1.98. The van der Waals surface area contributed by atoms with Crippen LogP contribution in [0.5, 0.6) is 28.7 Å². The van der Waals surface area contributed by atoms with Gasteiger partial charge in [0.15, 0.2) is 11.5 Å². The number of nitrogens with two attached hydrogens (primary N) is 1. The zero-order chi connectivity index (χ0) is 9.46. The summed E-state index contributed by atoms with van der Waals surface area (Å²) in [6.07, 6.45) is 0. The third-order valence-corrected chi connectivity index (χ3v) is 1.41. The molecule has 0 aromatic heterocycles. The molecule has 6 nitrogen and oxygen atoms in total. The Morgan fingerprint density at radius 3 is 1.17 bits per heavy atom. The van der Waals surface area contributed by atoms with E-state index in [2.05, 4.69) is 0 Å². The zero-order valence-electron chi connectivity index (χ0n) is 5.81.